The monoisotopic (exact) mass is 237 g/mol. The summed E-state index contributed by atoms with van der Waals surface area (Å²) < 4.78 is 1.82. The molecule has 1 aromatic heterocycles. The predicted molar refractivity (Wildman–Crippen MR) is 68.7 cm³/mol. The van der Waals surface area contributed by atoms with Crippen LogP contribution in [0.2, 0.25) is 0 Å². The third-order valence-corrected chi connectivity index (χ3v) is 3.61. The van der Waals surface area contributed by atoms with Gasteiger partial charge in [0, 0.05) is 25.8 Å². The Balaban J connectivity index is 2.13. The van der Waals surface area contributed by atoms with Gasteiger partial charge in [0.25, 0.3) is 0 Å². The minimum Gasteiger partial charge on any atom is -0.321 e. The SMILES string of the molecule is CN1CCCN(C)C(C(N)c2ccn(C)n2)C1. The van der Waals surface area contributed by atoms with Gasteiger partial charge in [-0.15, -0.1) is 0 Å². The maximum Gasteiger partial charge on any atom is 0.0808 e. The summed E-state index contributed by atoms with van der Waals surface area (Å²) in [5.74, 6) is 0. The van der Waals surface area contributed by atoms with Crippen LogP contribution in [0.1, 0.15) is 18.2 Å². The highest BCUT2D eigenvalue weighted by Crippen LogP contribution is 2.19. The zero-order valence-electron chi connectivity index (χ0n) is 11.0. The van der Waals surface area contributed by atoms with Crippen LogP contribution in [-0.4, -0.2) is 59.4 Å². The Kier molecular flexibility index (Phi) is 3.81. The smallest absolute Gasteiger partial charge is 0.0808 e. The van der Waals surface area contributed by atoms with Crippen molar-refractivity contribution in [2.75, 3.05) is 33.7 Å². The summed E-state index contributed by atoms with van der Waals surface area (Å²) in [5.41, 5.74) is 7.35. The van der Waals surface area contributed by atoms with Crippen LogP contribution in [-0.2, 0) is 7.05 Å². The van der Waals surface area contributed by atoms with Gasteiger partial charge in [-0.05, 0) is 39.7 Å². The molecule has 0 bridgehead atoms. The van der Waals surface area contributed by atoms with Crippen LogP contribution < -0.4 is 5.73 Å². The quantitative estimate of drug-likeness (QED) is 0.790. The molecule has 1 aromatic rings. The van der Waals surface area contributed by atoms with Crippen molar-refractivity contribution in [3.63, 3.8) is 0 Å². The van der Waals surface area contributed by atoms with E-state index in [-0.39, 0.29) is 6.04 Å². The number of likely N-dealkylation sites (N-methyl/N-ethyl adjacent to an activating group) is 2. The Morgan fingerprint density at radius 1 is 1.35 bits per heavy atom. The molecule has 0 aromatic carbocycles. The Morgan fingerprint density at radius 3 is 2.76 bits per heavy atom. The number of nitrogens with zero attached hydrogens (tertiary/aromatic N) is 4. The predicted octanol–water partition coefficient (Wildman–Crippen LogP) is 0.0558. The molecule has 5 nitrogen and oxygen atoms in total. The third kappa shape index (κ3) is 2.86. The van der Waals surface area contributed by atoms with Crippen LogP contribution in [0.25, 0.3) is 0 Å². The lowest BCUT2D eigenvalue weighted by molar-refractivity contribution is 0.194. The summed E-state index contributed by atoms with van der Waals surface area (Å²) in [6, 6.07) is 2.35. The molecule has 0 aliphatic carbocycles. The van der Waals surface area contributed by atoms with Crippen molar-refractivity contribution < 1.29 is 0 Å². The maximum atomic E-state index is 6.36. The Bertz CT molecular complexity index is 362. The van der Waals surface area contributed by atoms with E-state index in [1.807, 2.05) is 24.0 Å². The minimum absolute atomic E-state index is 0.0123. The highest BCUT2D eigenvalue weighted by atomic mass is 15.3. The summed E-state index contributed by atoms with van der Waals surface area (Å²) in [6.45, 7) is 3.26. The van der Waals surface area contributed by atoms with E-state index in [2.05, 4.69) is 29.0 Å². The average molecular weight is 237 g/mol. The first kappa shape index (κ1) is 12.5. The normalized spacial score (nSPS) is 25.8. The molecular formula is C12H23N5. The maximum absolute atomic E-state index is 6.36. The van der Waals surface area contributed by atoms with Gasteiger partial charge in [0.15, 0.2) is 0 Å². The van der Waals surface area contributed by atoms with Crippen LogP contribution in [0.4, 0.5) is 0 Å². The summed E-state index contributed by atoms with van der Waals surface area (Å²) in [7, 11) is 6.25. The molecule has 0 radical (unpaired) electrons. The van der Waals surface area contributed by atoms with Gasteiger partial charge in [-0.25, -0.2) is 0 Å². The largest absolute Gasteiger partial charge is 0.321 e. The second-order valence-corrected chi connectivity index (χ2v) is 5.10. The van der Waals surface area contributed by atoms with Gasteiger partial charge in [-0.1, -0.05) is 0 Å². The first-order valence-corrected chi connectivity index (χ1v) is 6.22. The lowest BCUT2D eigenvalue weighted by Crippen LogP contribution is -2.45. The van der Waals surface area contributed by atoms with Gasteiger partial charge >= 0.3 is 0 Å². The molecule has 2 N–H and O–H groups in total. The van der Waals surface area contributed by atoms with Crippen molar-refractivity contribution >= 4 is 0 Å². The van der Waals surface area contributed by atoms with Crippen LogP contribution in [0.15, 0.2) is 12.3 Å². The van der Waals surface area contributed by atoms with E-state index in [0.717, 1.165) is 25.3 Å². The van der Waals surface area contributed by atoms with Crippen LogP contribution in [0, 0.1) is 0 Å². The molecule has 1 saturated heterocycles. The molecule has 2 atom stereocenters. The molecule has 2 unspecified atom stereocenters. The highest BCUT2D eigenvalue weighted by molar-refractivity contribution is 5.08. The van der Waals surface area contributed by atoms with E-state index in [9.17, 15) is 0 Å². The van der Waals surface area contributed by atoms with E-state index in [0.29, 0.717) is 6.04 Å². The number of aromatic nitrogens is 2. The molecule has 1 aliphatic heterocycles. The van der Waals surface area contributed by atoms with Crippen LogP contribution in [0.3, 0.4) is 0 Å². The van der Waals surface area contributed by atoms with Crippen molar-refractivity contribution in [1.29, 1.82) is 0 Å². The standard InChI is InChI=1S/C12H23N5/c1-15-6-4-7-16(2)11(9-15)12(13)10-5-8-17(3)14-10/h5,8,11-12H,4,6-7,9,13H2,1-3H3. The molecule has 96 valence electrons. The lowest BCUT2D eigenvalue weighted by Gasteiger charge is -2.31. The molecule has 0 amide bonds. The average Bonchev–Trinajstić information content (AvgIpc) is 2.64. The Hall–Kier alpha value is -0.910. The first-order chi connectivity index (χ1) is 8.08. The molecule has 17 heavy (non-hydrogen) atoms. The van der Waals surface area contributed by atoms with Gasteiger partial charge in [0.2, 0.25) is 0 Å². The number of nitrogens with two attached hydrogens (primary N) is 1. The van der Waals surface area contributed by atoms with Crippen LogP contribution in [0.5, 0.6) is 0 Å². The summed E-state index contributed by atoms with van der Waals surface area (Å²) >= 11 is 0. The van der Waals surface area contributed by atoms with E-state index >= 15 is 0 Å². The summed E-state index contributed by atoms with van der Waals surface area (Å²) in [6.07, 6.45) is 3.16. The van der Waals surface area contributed by atoms with E-state index in [1.165, 1.54) is 6.42 Å². The van der Waals surface area contributed by atoms with Crippen molar-refractivity contribution in [3.05, 3.63) is 18.0 Å². The third-order valence-electron chi connectivity index (χ3n) is 3.61. The Labute approximate surface area is 103 Å². The molecule has 1 aliphatic rings. The highest BCUT2D eigenvalue weighted by Gasteiger charge is 2.28. The fraction of sp³-hybridized carbons (Fsp3) is 0.750. The number of rotatable bonds is 2. The second-order valence-electron chi connectivity index (χ2n) is 5.10. The fourth-order valence-corrected chi connectivity index (χ4v) is 2.50. The zero-order chi connectivity index (χ0) is 12.4. The van der Waals surface area contributed by atoms with E-state index in [4.69, 9.17) is 5.73 Å². The summed E-state index contributed by atoms with van der Waals surface area (Å²) in [5, 5.41) is 4.42. The number of hydrogen-bond donors (Lipinski definition) is 1. The van der Waals surface area contributed by atoms with Gasteiger partial charge in [-0.2, -0.15) is 5.10 Å². The number of aryl methyl sites for hydroxylation is 1. The van der Waals surface area contributed by atoms with Crippen molar-refractivity contribution in [2.24, 2.45) is 12.8 Å². The molecule has 5 heteroatoms. The van der Waals surface area contributed by atoms with E-state index in [1.54, 1.807) is 0 Å². The van der Waals surface area contributed by atoms with E-state index < -0.39 is 0 Å². The van der Waals surface area contributed by atoms with Crippen molar-refractivity contribution in [1.82, 2.24) is 19.6 Å². The number of hydrogen-bond acceptors (Lipinski definition) is 4. The van der Waals surface area contributed by atoms with Crippen LogP contribution >= 0.6 is 0 Å². The Morgan fingerprint density at radius 2 is 2.12 bits per heavy atom. The van der Waals surface area contributed by atoms with Gasteiger partial charge in [0.05, 0.1) is 11.7 Å². The lowest BCUT2D eigenvalue weighted by atomic mass is 10.0. The molecule has 0 saturated carbocycles. The van der Waals surface area contributed by atoms with Crippen molar-refractivity contribution in [2.45, 2.75) is 18.5 Å². The second kappa shape index (κ2) is 5.16. The summed E-state index contributed by atoms with van der Waals surface area (Å²) in [4.78, 5) is 4.72. The molecular weight excluding hydrogens is 214 g/mol. The molecule has 2 rings (SSSR count). The van der Waals surface area contributed by atoms with Gasteiger partial charge in [-0.3, -0.25) is 4.68 Å². The zero-order valence-corrected chi connectivity index (χ0v) is 11.0. The molecule has 0 spiro atoms. The van der Waals surface area contributed by atoms with Gasteiger partial charge in [0.1, 0.15) is 0 Å². The first-order valence-electron chi connectivity index (χ1n) is 6.22. The topological polar surface area (TPSA) is 50.3 Å². The molecule has 2 heterocycles. The van der Waals surface area contributed by atoms with Gasteiger partial charge < -0.3 is 15.5 Å². The van der Waals surface area contributed by atoms with Crippen molar-refractivity contribution in [3.8, 4) is 0 Å². The minimum atomic E-state index is -0.0123. The fourth-order valence-electron chi connectivity index (χ4n) is 2.50. The molecule has 1 fully saturated rings.